The summed E-state index contributed by atoms with van der Waals surface area (Å²) in [4.78, 5) is 2.33. The topological polar surface area (TPSA) is 43.7 Å². The van der Waals surface area contributed by atoms with Crippen LogP contribution in [0.15, 0.2) is 0 Å². The van der Waals surface area contributed by atoms with E-state index >= 15 is 0 Å². The zero-order valence-electron chi connectivity index (χ0n) is 8.87. The van der Waals surface area contributed by atoms with Crippen molar-refractivity contribution in [3.63, 3.8) is 0 Å². The van der Waals surface area contributed by atoms with Gasteiger partial charge in [0.05, 0.1) is 12.7 Å². The highest BCUT2D eigenvalue weighted by molar-refractivity contribution is 4.60. The fraction of sp³-hybridized carbons (Fsp3) is 1.00. The van der Waals surface area contributed by atoms with Crippen molar-refractivity contribution in [3.05, 3.63) is 0 Å². The Morgan fingerprint density at radius 2 is 1.62 bits per heavy atom. The molecular formula is C10H23NO2. The molecule has 13 heavy (non-hydrogen) atoms. The summed E-state index contributed by atoms with van der Waals surface area (Å²) >= 11 is 0. The monoisotopic (exact) mass is 189 g/mol. The molecule has 0 radical (unpaired) electrons. The minimum absolute atomic E-state index is 0.119. The SMILES string of the molecule is CCCN(CCC)CCC(O)CO. The second-order valence-corrected chi connectivity index (χ2v) is 3.47. The zero-order chi connectivity index (χ0) is 10.1. The largest absolute Gasteiger partial charge is 0.394 e. The molecule has 0 aromatic rings. The Balaban J connectivity index is 3.55. The summed E-state index contributed by atoms with van der Waals surface area (Å²) in [5.41, 5.74) is 0. The van der Waals surface area contributed by atoms with Crippen LogP contribution >= 0.6 is 0 Å². The third kappa shape index (κ3) is 6.99. The molecule has 0 bridgehead atoms. The van der Waals surface area contributed by atoms with E-state index < -0.39 is 6.10 Å². The Kier molecular flexibility index (Phi) is 8.40. The van der Waals surface area contributed by atoms with E-state index in [1.807, 2.05) is 0 Å². The van der Waals surface area contributed by atoms with Crippen LogP contribution in [0, 0.1) is 0 Å². The minimum atomic E-state index is -0.545. The molecule has 0 aliphatic heterocycles. The van der Waals surface area contributed by atoms with Gasteiger partial charge in [0.1, 0.15) is 0 Å². The lowest BCUT2D eigenvalue weighted by Crippen LogP contribution is -2.29. The van der Waals surface area contributed by atoms with Crippen molar-refractivity contribution in [2.75, 3.05) is 26.2 Å². The van der Waals surface area contributed by atoms with Crippen LogP contribution < -0.4 is 0 Å². The second-order valence-electron chi connectivity index (χ2n) is 3.47. The molecular weight excluding hydrogens is 166 g/mol. The van der Waals surface area contributed by atoms with Crippen LogP contribution in [0.1, 0.15) is 33.1 Å². The van der Waals surface area contributed by atoms with Gasteiger partial charge in [-0.05, 0) is 32.4 Å². The Morgan fingerprint density at radius 3 is 2.00 bits per heavy atom. The van der Waals surface area contributed by atoms with Crippen molar-refractivity contribution in [2.45, 2.75) is 39.2 Å². The first-order valence-electron chi connectivity index (χ1n) is 5.25. The maximum atomic E-state index is 9.17. The molecule has 0 amide bonds. The number of hydrogen-bond acceptors (Lipinski definition) is 3. The van der Waals surface area contributed by atoms with Crippen molar-refractivity contribution in [1.29, 1.82) is 0 Å². The highest BCUT2D eigenvalue weighted by Crippen LogP contribution is 1.98. The van der Waals surface area contributed by atoms with Crippen molar-refractivity contribution in [3.8, 4) is 0 Å². The van der Waals surface area contributed by atoms with Gasteiger partial charge in [0.15, 0.2) is 0 Å². The molecule has 80 valence electrons. The van der Waals surface area contributed by atoms with Gasteiger partial charge in [-0.3, -0.25) is 0 Å². The third-order valence-electron chi connectivity index (χ3n) is 2.07. The number of aliphatic hydroxyl groups excluding tert-OH is 2. The first-order chi connectivity index (χ1) is 6.24. The summed E-state index contributed by atoms with van der Waals surface area (Å²) in [7, 11) is 0. The molecule has 3 heteroatoms. The Morgan fingerprint density at radius 1 is 1.08 bits per heavy atom. The molecule has 3 nitrogen and oxygen atoms in total. The van der Waals surface area contributed by atoms with E-state index in [0.717, 1.165) is 32.5 Å². The lowest BCUT2D eigenvalue weighted by molar-refractivity contribution is 0.0771. The summed E-state index contributed by atoms with van der Waals surface area (Å²) in [5, 5.41) is 17.8. The molecule has 0 rings (SSSR count). The number of hydrogen-bond donors (Lipinski definition) is 2. The van der Waals surface area contributed by atoms with E-state index in [-0.39, 0.29) is 6.61 Å². The quantitative estimate of drug-likeness (QED) is 0.595. The molecule has 0 aromatic heterocycles. The summed E-state index contributed by atoms with van der Waals surface area (Å²) in [6.45, 7) is 7.27. The fourth-order valence-corrected chi connectivity index (χ4v) is 1.39. The molecule has 0 aliphatic rings. The average molecular weight is 189 g/mol. The van der Waals surface area contributed by atoms with Crippen LogP contribution in [-0.2, 0) is 0 Å². The van der Waals surface area contributed by atoms with Crippen molar-refractivity contribution in [2.24, 2.45) is 0 Å². The Bertz CT molecular complexity index is 103. The Labute approximate surface area is 81.4 Å². The molecule has 0 saturated heterocycles. The minimum Gasteiger partial charge on any atom is -0.394 e. The van der Waals surface area contributed by atoms with Crippen molar-refractivity contribution in [1.82, 2.24) is 4.90 Å². The molecule has 1 unspecified atom stereocenters. The van der Waals surface area contributed by atoms with Gasteiger partial charge in [0.25, 0.3) is 0 Å². The smallest absolute Gasteiger partial charge is 0.0783 e. The molecule has 0 aromatic carbocycles. The number of aliphatic hydroxyl groups is 2. The van der Waals surface area contributed by atoms with Gasteiger partial charge in [-0.2, -0.15) is 0 Å². The molecule has 1 atom stereocenters. The van der Waals surface area contributed by atoms with E-state index in [2.05, 4.69) is 18.7 Å². The molecule has 0 aliphatic carbocycles. The standard InChI is InChI=1S/C10H23NO2/c1-3-6-11(7-4-2)8-5-10(13)9-12/h10,12-13H,3-9H2,1-2H3. The highest BCUT2D eigenvalue weighted by atomic mass is 16.3. The van der Waals surface area contributed by atoms with E-state index in [1.165, 1.54) is 0 Å². The average Bonchev–Trinajstić information content (AvgIpc) is 2.14. The van der Waals surface area contributed by atoms with Gasteiger partial charge in [-0.25, -0.2) is 0 Å². The predicted octanol–water partition coefficient (Wildman–Crippen LogP) is 0.852. The second kappa shape index (κ2) is 8.48. The van der Waals surface area contributed by atoms with Gasteiger partial charge >= 0.3 is 0 Å². The van der Waals surface area contributed by atoms with E-state index in [1.54, 1.807) is 0 Å². The first-order valence-corrected chi connectivity index (χ1v) is 5.25. The van der Waals surface area contributed by atoms with E-state index in [9.17, 15) is 0 Å². The lowest BCUT2D eigenvalue weighted by Gasteiger charge is -2.21. The molecule has 2 N–H and O–H groups in total. The van der Waals surface area contributed by atoms with Crippen LogP contribution in [0.2, 0.25) is 0 Å². The van der Waals surface area contributed by atoms with Crippen LogP contribution in [0.3, 0.4) is 0 Å². The summed E-state index contributed by atoms with van der Waals surface area (Å²) in [5.74, 6) is 0. The molecule has 0 fully saturated rings. The maximum absolute atomic E-state index is 9.17. The highest BCUT2D eigenvalue weighted by Gasteiger charge is 2.06. The zero-order valence-corrected chi connectivity index (χ0v) is 8.87. The van der Waals surface area contributed by atoms with Gasteiger partial charge in [0.2, 0.25) is 0 Å². The van der Waals surface area contributed by atoms with E-state index in [0.29, 0.717) is 6.42 Å². The van der Waals surface area contributed by atoms with Crippen LogP contribution in [-0.4, -0.2) is 47.5 Å². The van der Waals surface area contributed by atoms with Crippen LogP contribution in [0.25, 0.3) is 0 Å². The van der Waals surface area contributed by atoms with Gasteiger partial charge in [0, 0.05) is 6.54 Å². The normalized spacial score (nSPS) is 13.6. The fourth-order valence-electron chi connectivity index (χ4n) is 1.39. The van der Waals surface area contributed by atoms with Crippen LogP contribution in [0.5, 0.6) is 0 Å². The first kappa shape index (κ1) is 12.9. The summed E-state index contributed by atoms with van der Waals surface area (Å²) in [6.07, 6.45) is 2.43. The van der Waals surface area contributed by atoms with Gasteiger partial charge in [-0.15, -0.1) is 0 Å². The summed E-state index contributed by atoms with van der Waals surface area (Å²) < 4.78 is 0. The molecule has 0 spiro atoms. The van der Waals surface area contributed by atoms with E-state index in [4.69, 9.17) is 10.2 Å². The lowest BCUT2D eigenvalue weighted by atomic mass is 10.2. The van der Waals surface area contributed by atoms with Gasteiger partial charge < -0.3 is 15.1 Å². The predicted molar refractivity (Wildman–Crippen MR) is 54.7 cm³/mol. The number of nitrogens with zero attached hydrogens (tertiary/aromatic N) is 1. The molecule has 0 saturated carbocycles. The van der Waals surface area contributed by atoms with Gasteiger partial charge in [-0.1, -0.05) is 13.8 Å². The Hall–Kier alpha value is -0.120. The van der Waals surface area contributed by atoms with Crippen molar-refractivity contribution < 1.29 is 10.2 Å². The van der Waals surface area contributed by atoms with Crippen LogP contribution in [0.4, 0.5) is 0 Å². The molecule has 0 heterocycles. The number of rotatable bonds is 8. The van der Waals surface area contributed by atoms with Crippen molar-refractivity contribution >= 4 is 0 Å². The summed E-state index contributed by atoms with van der Waals surface area (Å²) in [6, 6.07) is 0. The third-order valence-corrected chi connectivity index (χ3v) is 2.07. The maximum Gasteiger partial charge on any atom is 0.0783 e.